The summed E-state index contributed by atoms with van der Waals surface area (Å²) >= 11 is 0. The summed E-state index contributed by atoms with van der Waals surface area (Å²) in [7, 11) is 1.89. The van der Waals surface area contributed by atoms with E-state index in [2.05, 4.69) is 10.3 Å². The van der Waals surface area contributed by atoms with E-state index in [4.69, 9.17) is 4.74 Å². The second-order valence-corrected chi connectivity index (χ2v) is 4.27. The molecule has 1 aliphatic heterocycles. The zero-order valence-electron chi connectivity index (χ0n) is 10.1. The van der Waals surface area contributed by atoms with Gasteiger partial charge in [0, 0.05) is 25.5 Å². The molecule has 5 heteroatoms. The van der Waals surface area contributed by atoms with Gasteiger partial charge < -0.3 is 19.9 Å². The highest BCUT2D eigenvalue weighted by molar-refractivity contribution is 5.79. The number of aromatic nitrogens is 1. The molecule has 0 radical (unpaired) electrons. The molecule has 2 heterocycles. The van der Waals surface area contributed by atoms with E-state index in [0.29, 0.717) is 26.2 Å². The van der Waals surface area contributed by atoms with E-state index >= 15 is 0 Å². The first kappa shape index (κ1) is 12.1. The summed E-state index contributed by atoms with van der Waals surface area (Å²) in [5, 5.41) is 3.10. The number of H-pyrrole nitrogens is 1. The van der Waals surface area contributed by atoms with Crippen LogP contribution >= 0.6 is 0 Å². The fourth-order valence-electron chi connectivity index (χ4n) is 2.13. The van der Waals surface area contributed by atoms with E-state index in [9.17, 15) is 4.79 Å². The molecule has 1 fully saturated rings. The Hall–Kier alpha value is -1.33. The van der Waals surface area contributed by atoms with Gasteiger partial charge in [0.1, 0.15) is 0 Å². The fourth-order valence-corrected chi connectivity index (χ4v) is 2.13. The minimum absolute atomic E-state index is 0.153. The zero-order chi connectivity index (χ0) is 12.1. The van der Waals surface area contributed by atoms with Crippen molar-refractivity contribution in [2.24, 2.45) is 0 Å². The number of nitrogens with one attached hydrogen (secondary N) is 2. The van der Waals surface area contributed by atoms with Crippen LogP contribution in [0.1, 0.15) is 5.56 Å². The molecule has 0 aliphatic carbocycles. The van der Waals surface area contributed by atoms with Gasteiger partial charge in [0.2, 0.25) is 5.91 Å². The smallest absolute Gasteiger partial charge is 0.227 e. The molecule has 1 unspecified atom stereocenters. The maximum absolute atomic E-state index is 12.2. The van der Waals surface area contributed by atoms with Crippen molar-refractivity contribution < 1.29 is 9.53 Å². The Labute approximate surface area is 101 Å². The van der Waals surface area contributed by atoms with Gasteiger partial charge in [-0.25, -0.2) is 0 Å². The first-order valence-electron chi connectivity index (χ1n) is 5.94. The maximum Gasteiger partial charge on any atom is 0.227 e. The van der Waals surface area contributed by atoms with Crippen LogP contribution in [0.3, 0.4) is 0 Å². The number of morpholine rings is 1. The van der Waals surface area contributed by atoms with Crippen LogP contribution in [0, 0.1) is 0 Å². The van der Waals surface area contributed by atoms with Gasteiger partial charge in [-0.05, 0) is 18.7 Å². The molecule has 1 aliphatic rings. The lowest BCUT2D eigenvalue weighted by atomic mass is 10.1. The summed E-state index contributed by atoms with van der Waals surface area (Å²) in [6.07, 6.45) is 4.17. The monoisotopic (exact) mass is 237 g/mol. The standard InChI is InChI=1S/C12H19N3O2/c1-13-8-11-9-17-5-4-15(11)12(16)6-10-2-3-14-7-10/h2-3,7,11,13-14H,4-6,8-9H2,1H3. The van der Waals surface area contributed by atoms with Crippen LogP contribution in [0.5, 0.6) is 0 Å². The number of likely N-dealkylation sites (N-methyl/N-ethyl adjacent to an activating group) is 1. The Balaban J connectivity index is 1.96. The molecule has 2 rings (SSSR count). The highest BCUT2D eigenvalue weighted by Gasteiger charge is 2.26. The summed E-state index contributed by atoms with van der Waals surface area (Å²) in [6, 6.07) is 2.09. The lowest BCUT2D eigenvalue weighted by Gasteiger charge is -2.35. The third-order valence-electron chi connectivity index (χ3n) is 3.01. The van der Waals surface area contributed by atoms with Gasteiger partial charge in [0.25, 0.3) is 0 Å². The Morgan fingerprint density at radius 3 is 3.29 bits per heavy atom. The van der Waals surface area contributed by atoms with Crippen LogP contribution in [0.15, 0.2) is 18.5 Å². The second-order valence-electron chi connectivity index (χ2n) is 4.27. The van der Waals surface area contributed by atoms with Crippen LogP contribution in [-0.2, 0) is 16.0 Å². The van der Waals surface area contributed by atoms with Crippen molar-refractivity contribution in [2.75, 3.05) is 33.4 Å². The highest BCUT2D eigenvalue weighted by atomic mass is 16.5. The SMILES string of the molecule is CNCC1COCCN1C(=O)Cc1cc[nH]c1. The molecule has 1 saturated heterocycles. The van der Waals surface area contributed by atoms with Crippen LogP contribution in [-0.4, -0.2) is 55.2 Å². The molecular formula is C12H19N3O2. The Bertz CT molecular complexity index is 349. The highest BCUT2D eigenvalue weighted by Crippen LogP contribution is 2.09. The average Bonchev–Trinajstić information content (AvgIpc) is 2.83. The summed E-state index contributed by atoms with van der Waals surface area (Å²) in [5.41, 5.74) is 1.03. The number of nitrogens with zero attached hydrogens (tertiary/aromatic N) is 1. The molecule has 1 amide bonds. The summed E-state index contributed by atoms with van der Waals surface area (Å²) in [6.45, 7) is 2.73. The van der Waals surface area contributed by atoms with E-state index in [1.807, 2.05) is 30.4 Å². The molecule has 1 aromatic heterocycles. The average molecular weight is 237 g/mol. The van der Waals surface area contributed by atoms with Crippen molar-refractivity contribution in [3.8, 4) is 0 Å². The lowest BCUT2D eigenvalue weighted by Crippen LogP contribution is -2.52. The molecule has 0 aromatic carbocycles. The first-order valence-corrected chi connectivity index (χ1v) is 5.94. The van der Waals surface area contributed by atoms with E-state index < -0.39 is 0 Å². The van der Waals surface area contributed by atoms with Crippen molar-refractivity contribution >= 4 is 5.91 Å². The second kappa shape index (κ2) is 5.84. The number of carbonyl (C=O) groups is 1. The van der Waals surface area contributed by atoms with Crippen molar-refractivity contribution in [1.29, 1.82) is 0 Å². The molecule has 0 saturated carbocycles. The topological polar surface area (TPSA) is 57.4 Å². The van der Waals surface area contributed by atoms with Gasteiger partial charge >= 0.3 is 0 Å². The Kier molecular flexibility index (Phi) is 4.17. The number of hydrogen-bond acceptors (Lipinski definition) is 3. The summed E-state index contributed by atoms with van der Waals surface area (Å²) < 4.78 is 5.41. The van der Waals surface area contributed by atoms with Gasteiger partial charge in [-0.1, -0.05) is 0 Å². The normalized spacial score (nSPS) is 20.5. The lowest BCUT2D eigenvalue weighted by molar-refractivity contribution is -0.138. The Morgan fingerprint density at radius 2 is 2.59 bits per heavy atom. The molecule has 17 heavy (non-hydrogen) atoms. The molecule has 2 N–H and O–H groups in total. The van der Waals surface area contributed by atoms with Gasteiger partial charge in [-0.15, -0.1) is 0 Å². The minimum Gasteiger partial charge on any atom is -0.377 e. The quantitative estimate of drug-likeness (QED) is 0.775. The minimum atomic E-state index is 0.153. The predicted octanol–water partition coefficient (Wildman–Crippen LogP) is 0.00400. The van der Waals surface area contributed by atoms with Gasteiger partial charge in [-0.3, -0.25) is 4.79 Å². The van der Waals surface area contributed by atoms with E-state index in [-0.39, 0.29) is 11.9 Å². The molecule has 94 valence electrons. The van der Waals surface area contributed by atoms with Crippen LogP contribution < -0.4 is 5.32 Å². The number of carbonyl (C=O) groups excluding carboxylic acids is 1. The van der Waals surface area contributed by atoms with Crippen molar-refractivity contribution in [1.82, 2.24) is 15.2 Å². The van der Waals surface area contributed by atoms with E-state index in [0.717, 1.165) is 12.1 Å². The number of ether oxygens (including phenoxy) is 1. The third-order valence-corrected chi connectivity index (χ3v) is 3.01. The van der Waals surface area contributed by atoms with Crippen molar-refractivity contribution in [3.63, 3.8) is 0 Å². The first-order chi connectivity index (χ1) is 8.31. The largest absolute Gasteiger partial charge is 0.377 e. The molecule has 1 atom stereocenters. The molecule has 0 spiro atoms. The van der Waals surface area contributed by atoms with E-state index in [1.54, 1.807) is 0 Å². The van der Waals surface area contributed by atoms with Crippen molar-refractivity contribution in [2.45, 2.75) is 12.5 Å². The third kappa shape index (κ3) is 3.08. The van der Waals surface area contributed by atoms with Crippen LogP contribution in [0.4, 0.5) is 0 Å². The number of aromatic amines is 1. The number of amides is 1. The predicted molar refractivity (Wildman–Crippen MR) is 64.7 cm³/mol. The summed E-state index contributed by atoms with van der Waals surface area (Å²) in [4.78, 5) is 17.1. The number of rotatable bonds is 4. The van der Waals surface area contributed by atoms with Gasteiger partial charge in [-0.2, -0.15) is 0 Å². The van der Waals surface area contributed by atoms with Gasteiger partial charge in [0.15, 0.2) is 0 Å². The van der Waals surface area contributed by atoms with Crippen LogP contribution in [0.25, 0.3) is 0 Å². The Morgan fingerprint density at radius 1 is 1.71 bits per heavy atom. The summed E-state index contributed by atoms with van der Waals surface area (Å²) in [5.74, 6) is 0.174. The molecule has 1 aromatic rings. The number of hydrogen-bond donors (Lipinski definition) is 2. The molecule has 5 nitrogen and oxygen atoms in total. The zero-order valence-corrected chi connectivity index (χ0v) is 10.1. The van der Waals surface area contributed by atoms with E-state index in [1.165, 1.54) is 0 Å². The fraction of sp³-hybridized carbons (Fsp3) is 0.583. The molecule has 0 bridgehead atoms. The maximum atomic E-state index is 12.2. The van der Waals surface area contributed by atoms with Gasteiger partial charge in [0.05, 0.1) is 25.7 Å². The van der Waals surface area contributed by atoms with Crippen LogP contribution in [0.2, 0.25) is 0 Å². The molecular weight excluding hydrogens is 218 g/mol. The van der Waals surface area contributed by atoms with Crippen molar-refractivity contribution in [3.05, 3.63) is 24.0 Å².